The third-order valence-electron chi connectivity index (χ3n) is 2.34. The molecule has 0 saturated carbocycles. The predicted octanol–water partition coefficient (Wildman–Crippen LogP) is 3.12. The smallest absolute Gasteiger partial charge is 0.138 e. The first-order valence-corrected chi connectivity index (χ1v) is 5.32. The van der Waals surface area contributed by atoms with Crippen molar-refractivity contribution in [2.24, 2.45) is 0 Å². The second kappa shape index (κ2) is 4.45. The standard InChI is InChI=1S/C12H12N2OS/c1-8-7-9(3-4-10(8)15-2)12-13-6-5-11(16)14-12/h3-7H,1-2H3,(H,13,14,16). The molecule has 2 rings (SSSR count). The van der Waals surface area contributed by atoms with Gasteiger partial charge in [0, 0.05) is 11.8 Å². The molecule has 1 N–H and O–H groups in total. The summed E-state index contributed by atoms with van der Waals surface area (Å²) in [5, 5.41) is 0. The Balaban J connectivity index is 2.49. The molecule has 4 heteroatoms. The first kappa shape index (κ1) is 10.8. The van der Waals surface area contributed by atoms with Crippen molar-refractivity contribution in [2.75, 3.05) is 7.11 Å². The van der Waals surface area contributed by atoms with Crippen LogP contribution in [0.25, 0.3) is 11.4 Å². The van der Waals surface area contributed by atoms with Crippen LogP contribution in [0.1, 0.15) is 5.56 Å². The molecule has 1 aromatic carbocycles. The normalized spacial score (nSPS) is 10.1. The van der Waals surface area contributed by atoms with E-state index in [0.717, 1.165) is 22.7 Å². The fraction of sp³-hybridized carbons (Fsp3) is 0.167. The maximum Gasteiger partial charge on any atom is 0.138 e. The highest BCUT2D eigenvalue weighted by molar-refractivity contribution is 7.71. The van der Waals surface area contributed by atoms with E-state index in [4.69, 9.17) is 17.0 Å². The van der Waals surface area contributed by atoms with Crippen molar-refractivity contribution in [3.05, 3.63) is 40.7 Å². The number of benzene rings is 1. The van der Waals surface area contributed by atoms with Crippen LogP contribution in [0.2, 0.25) is 0 Å². The molecule has 0 bridgehead atoms. The third-order valence-corrected chi connectivity index (χ3v) is 2.58. The molecule has 0 saturated heterocycles. The van der Waals surface area contributed by atoms with E-state index in [-0.39, 0.29) is 0 Å². The SMILES string of the molecule is COc1ccc(-c2nccc(=S)[nH]2)cc1C. The number of hydrogen-bond donors (Lipinski definition) is 1. The van der Waals surface area contributed by atoms with Gasteiger partial charge >= 0.3 is 0 Å². The molecular weight excluding hydrogens is 220 g/mol. The Morgan fingerprint density at radius 2 is 2.12 bits per heavy atom. The van der Waals surface area contributed by atoms with E-state index in [1.807, 2.05) is 25.1 Å². The van der Waals surface area contributed by atoms with Gasteiger partial charge in [0.15, 0.2) is 0 Å². The Morgan fingerprint density at radius 3 is 2.75 bits per heavy atom. The number of aryl methyl sites for hydroxylation is 1. The minimum atomic E-state index is 0.679. The van der Waals surface area contributed by atoms with Gasteiger partial charge in [0.1, 0.15) is 16.2 Å². The van der Waals surface area contributed by atoms with Crippen LogP contribution in [0.3, 0.4) is 0 Å². The van der Waals surface area contributed by atoms with E-state index in [1.165, 1.54) is 0 Å². The fourth-order valence-electron chi connectivity index (χ4n) is 1.54. The Hall–Kier alpha value is -1.68. The molecule has 16 heavy (non-hydrogen) atoms. The molecule has 0 radical (unpaired) electrons. The fourth-order valence-corrected chi connectivity index (χ4v) is 1.70. The van der Waals surface area contributed by atoms with Crippen molar-refractivity contribution in [1.29, 1.82) is 0 Å². The van der Waals surface area contributed by atoms with Crippen molar-refractivity contribution < 1.29 is 4.74 Å². The lowest BCUT2D eigenvalue weighted by molar-refractivity contribution is 0.412. The summed E-state index contributed by atoms with van der Waals surface area (Å²) in [6.07, 6.45) is 1.70. The van der Waals surface area contributed by atoms with Crippen LogP contribution < -0.4 is 4.74 Å². The van der Waals surface area contributed by atoms with E-state index >= 15 is 0 Å². The number of H-pyrrole nitrogens is 1. The topological polar surface area (TPSA) is 37.9 Å². The van der Waals surface area contributed by atoms with Crippen molar-refractivity contribution in [3.63, 3.8) is 0 Å². The summed E-state index contributed by atoms with van der Waals surface area (Å²) in [6, 6.07) is 7.66. The van der Waals surface area contributed by atoms with Crippen LogP contribution in [0.5, 0.6) is 5.75 Å². The summed E-state index contributed by atoms with van der Waals surface area (Å²) in [6.45, 7) is 2.00. The lowest BCUT2D eigenvalue weighted by Gasteiger charge is -2.06. The zero-order valence-corrected chi connectivity index (χ0v) is 9.97. The van der Waals surface area contributed by atoms with E-state index in [2.05, 4.69) is 9.97 Å². The van der Waals surface area contributed by atoms with Crippen molar-refractivity contribution >= 4 is 12.2 Å². The maximum absolute atomic E-state index is 5.21. The van der Waals surface area contributed by atoms with E-state index < -0.39 is 0 Å². The van der Waals surface area contributed by atoms with Crippen molar-refractivity contribution in [1.82, 2.24) is 9.97 Å². The Morgan fingerprint density at radius 1 is 1.31 bits per heavy atom. The lowest BCUT2D eigenvalue weighted by Crippen LogP contribution is -1.91. The first-order valence-electron chi connectivity index (χ1n) is 4.91. The molecule has 2 aromatic rings. The molecular formula is C12H12N2OS. The summed E-state index contributed by atoms with van der Waals surface area (Å²) in [7, 11) is 1.66. The van der Waals surface area contributed by atoms with Crippen molar-refractivity contribution in [2.45, 2.75) is 6.92 Å². The number of aromatic nitrogens is 2. The van der Waals surface area contributed by atoms with Crippen LogP contribution in [-0.2, 0) is 0 Å². The van der Waals surface area contributed by atoms with Gasteiger partial charge in [0.2, 0.25) is 0 Å². The Kier molecular flexibility index (Phi) is 3.01. The largest absolute Gasteiger partial charge is 0.496 e. The maximum atomic E-state index is 5.21. The van der Waals surface area contributed by atoms with Crippen LogP contribution >= 0.6 is 12.2 Å². The molecule has 0 aliphatic heterocycles. The number of aromatic amines is 1. The zero-order chi connectivity index (χ0) is 11.5. The molecule has 0 amide bonds. The summed E-state index contributed by atoms with van der Waals surface area (Å²) >= 11 is 5.06. The average Bonchev–Trinajstić information content (AvgIpc) is 2.29. The van der Waals surface area contributed by atoms with E-state index in [0.29, 0.717) is 4.64 Å². The highest BCUT2D eigenvalue weighted by atomic mass is 32.1. The Bertz CT molecular complexity index is 563. The van der Waals surface area contributed by atoms with Gasteiger partial charge in [-0.25, -0.2) is 4.98 Å². The molecule has 0 fully saturated rings. The van der Waals surface area contributed by atoms with Crippen molar-refractivity contribution in [3.8, 4) is 17.1 Å². The second-order valence-corrected chi connectivity index (χ2v) is 3.91. The molecule has 0 aliphatic rings. The predicted molar refractivity (Wildman–Crippen MR) is 66.1 cm³/mol. The van der Waals surface area contributed by atoms with Gasteiger partial charge in [-0.05, 0) is 36.8 Å². The van der Waals surface area contributed by atoms with Crippen LogP contribution in [0, 0.1) is 11.6 Å². The van der Waals surface area contributed by atoms with Gasteiger partial charge in [0.25, 0.3) is 0 Å². The van der Waals surface area contributed by atoms with Gasteiger partial charge in [-0.1, -0.05) is 12.2 Å². The van der Waals surface area contributed by atoms with Crippen LogP contribution in [0.4, 0.5) is 0 Å². The molecule has 1 aromatic heterocycles. The van der Waals surface area contributed by atoms with Gasteiger partial charge < -0.3 is 9.72 Å². The highest BCUT2D eigenvalue weighted by Crippen LogP contribution is 2.23. The monoisotopic (exact) mass is 232 g/mol. The van der Waals surface area contributed by atoms with Crippen LogP contribution in [0.15, 0.2) is 30.5 Å². The summed E-state index contributed by atoms with van der Waals surface area (Å²) < 4.78 is 5.89. The Labute approximate surface area is 99.1 Å². The summed E-state index contributed by atoms with van der Waals surface area (Å²) in [4.78, 5) is 7.29. The minimum absolute atomic E-state index is 0.679. The van der Waals surface area contributed by atoms with Gasteiger partial charge in [0.05, 0.1) is 7.11 Å². The van der Waals surface area contributed by atoms with E-state index in [1.54, 1.807) is 19.4 Å². The zero-order valence-electron chi connectivity index (χ0n) is 9.15. The first-order chi connectivity index (χ1) is 7.70. The molecule has 3 nitrogen and oxygen atoms in total. The molecule has 82 valence electrons. The average molecular weight is 232 g/mol. The molecule has 0 spiro atoms. The second-order valence-electron chi connectivity index (χ2n) is 3.47. The van der Waals surface area contributed by atoms with Crippen LogP contribution in [-0.4, -0.2) is 17.1 Å². The number of hydrogen-bond acceptors (Lipinski definition) is 3. The number of methoxy groups -OCH3 is 1. The minimum Gasteiger partial charge on any atom is -0.496 e. The third kappa shape index (κ3) is 2.12. The quantitative estimate of drug-likeness (QED) is 0.808. The number of nitrogens with one attached hydrogen (secondary N) is 1. The number of rotatable bonds is 2. The highest BCUT2D eigenvalue weighted by Gasteiger charge is 2.03. The van der Waals surface area contributed by atoms with Gasteiger partial charge in [-0.2, -0.15) is 0 Å². The molecule has 1 heterocycles. The van der Waals surface area contributed by atoms with E-state index in [9.17, 15) is 0 Å². The summed E-state index contributed by atoms with van der Waals surface area (Å²) in [5.41, 5.74) is 2.08. The summed E-state index contributed by atoms with van der Waals surface area (Å²) in [5.74, 6) is 1.65. The number of nitrogens with zero attached hydrogens (tertiary/aromatic N) is 1. The molecule has 0 unspecified atom stereocenters. The number of ether oxygens (including phenoxy) is 1. The lowest BCUT2D eigenvalue weighted by atomic mass is 10.1. The molecule has 0 aliphatic carbocycles. The molecule has 0 atom stereocenters. The van der Waals surface area contributed by atoms with Gasteiger partial charge in [-0.3, -0.25) is 0 Å². The van der Waals surface area contributed by atoms with Gasteiger partial charge in [-0.15, -0.1) is 0 Å².